The fourth-order valence-corrected chi connectivity index (χ4v) is 3.75. The predicted molar refractivity (Wildman–Crippen MR) is 110 cm³/mol. The number of carbonyl (C=O) groups is 1. The van der Waals surface area contributed by atoms with Gasteiger partial charge in [0.05, 0.1) is 6.54 Å². The van der Waals surface area contributed by atoms with Gasteiger partial charge in [-0.1, -0.05) is 36.4 Å². The fourth-order valence-electron chi connectivity index (χ4n) is 3.75. The number of aromatic nitrogens is 2. The molecule has 1 aromatic heterocycles. The van der Waals surface area contributed by atoms with E-state index in [1.54, 1.807) is 12.1 Å². The SMILES string of the molecule is O=C(c1cccc(F)c1)N1CCCN(Cc2nccn2Cc2ccccc2)CC1. The van der Waals surface area contributed by atoms with Crippen molar-refractivity contribution in [3.8, 4) is 0 Å². The molecule has 4 rings (SSSR count). The second kappa shape index (κ2) is 9.01. The van der Waals surface area contributed by atoms with Crippen LogP contribution in [0.2, 0.25) is 0 Å². The van der Waals surface area contributed by atoms with Crippen molar-refractivity contribution >= 4 is 5.91 Å². The van der Waals surface area contributed by atoms with Gasteiger partial charge >= 0.3 is 0 Å². The molecular formula is C23H25FN4O. The summed E-state index contributed by atoms with van der Waals surface area (Å²) in [7, 11) is 0. The minimum Gasteiger partial charge on any atom is -0.337 e. The number of imidazole rings is 1. The Morgan fingerprint density at radius 1 is 0.966 bits per heavy atom. The lowest BCUT2D eigenvalue weighted by atomic mass is 10.2. The number of amides is 1. The zero-order chi connectivity index (χ0) is 20.1. The number of halogens is 1. The van der Waals surface area contributed by atoms with Crippen molar-refractivity contribution in [2.45, 2.75) is 19.5 Å². The normalized spacial score (nSPS) is 15.3. The van der Waals surface area contributed by atoms with E-state index in [4.69, 9.17) is 0 Å². The lowest BCUT2D eigenvalue weighted by molar-refractivity contribution is 0.0760. The smallest absolute Gasteiger partial charge is 0.254 e. The highest BCUT2D eigenvalue weighted by molar-refractivity contribution is 5.94. The standard InChI is InChI=1S/C23H25FN4O/c24-21-9-4-8-20(16-21)23(29)27-12-5-11-26(14-15-27)18-22-25-10-13-28(22)17-19-6-2-1-3-7-19/h1-4,6-10,13,16H,5,11-12,14-15,17-18H2. The van der Waals surface area contributed by atoms with Gasteiger partial charge < -0.3 is 9.47 Å². The summed E-state index contributed by atoms with van der Waals surface area (Å²) < 4.78 is 15.6. The third-order valence-corrected chi connectivity index (χ3v) is 5.31. The van der Waals surface area contributed by atoms with Crippen molar-refractivity contribution in [1.29, 1.82) is 0 Å². The van der Waals surface area contributed by atoms with Crippen molar-refractivity contribution in [2.75, 3.05) is 26.2 Å². The molecule has 2 aromatic carbocycles. The predicted octanol–water partition coefficient (Wildman–Crippen LogP) is 3.42. The number of rotatable bonds is 5. The van der Waals surface area contributed by atoms with Crippen molar-refractivity contribution in [1.82, 2.24) is 19.4 Å². The van der Waals surface area contributed by atoms with Crippen molar-refractivity contribution in [3.63, 3.8) is 0 Å². The lowest BCUT2D eigenvalue weighted by Crippen LogP contribution is -2.35. The molecule has 1 fully saturated rings. The summed E-state index contributed by atoms with van der Waals surface area (Å²) in [5.41, 5.74) is 1.66. The van der Waals surface area contributed by atoms with Gasteiger partial charge in [-0.25, -0.2) is 9.37 Å². The Balaban J connectivity index is 1.37. The molecule has 29 heavy (non-hydrogen) atoms. The van der Waals surface area contributed by atoms with Crippen molar-refractivity contribution < 1.29 is 9.18 Å². The molecule has 0 bridgehead atoms. The van der Waals surface area contributed by atoms with E-state index in [1.165, 1.54) is 17.7 Å². The summed E-state index contributed by atoms with van der Waals surface area (Å²) in [6, 6.07) is 16.3. The highest BCUT2D eigenvalue weighted by Crippen LogP contribution is 2.13. The topological polar surface area (TPSA) is 41.4 Å². The van der Waals surface area contributed by atoms with Crippen LogP contribution in [0.5, 0.6) is 0 Å². The van der Waals surface area contributed by atoms with Gasteiger partial charge in [-0.15, -0.1) is 0 Å². The number of hydrogen-bond donors (Lipinski definition) is 0. The van der Waals surface area contributed by atoms with Gasteiger partial charge in [0, 0.05) is 50.7 Å². The lowest BCUT2D eigenvalue weighted by Gasteiger charge is -2.22. The first kappa shape index (κ1) is 19.3. The Kier molecular flexibility index (Phi) is 6.00. The minimum atomic E-state index is -0.377. The maximum absolute atomic E-state index is 13.5. The number of benzene rings is 2. The highest BCUT2D eigenvalue weighted by atomic mass is 19.1. The summed E-state index contributed by atoms with van der Waals surface area (Å²) in [6.07, 6.45) is 4.75. The van der Waals surface area contributed by atoms with E-state index in [9.17, 15) is 9.18 Å². The zero-order valence-electron chi connectivity index (χ0n) is 16.4. The van der Waals surface area contributed by atoms with Gasteiger partial charge in [0.1, 0.15) is 11.6 Å². The van der Waals surface area contributed by atoms with E-state index < -0.39 is 0 Å². The van der Waals surface area contributed by atoms with Gasteiger partial charge in [-0.05, 0) is 30.2 Å². The maximum atomic E-state index is 13.5. The van der Waals surface area contributed by atoms with Crippen LogP contribution >= 0.6 is 0 Å². The summed E-state index contributed by atoms with van der Waals surface area (Å²) in [4.78, 5) is 21.4. The summed E-state index contributed by atoms with van der Waals surface area (Å²) >= 11 is 0. The molecule has 1 aliphatic rings. The Labute approximate surface area is 170 Å². The molecular weight excluding hydrogens is 367 g/mol. The molecule has 3 aromatic rings. The Morgan fingerprint density at radius 2 is 1.83 bits per heavy atom. The first-order chi connectivity index (χ1) is 14.2. The van der Waals surface area contributed by atoms with Gasteiger partial charge in [0.15, 0.2) is 0 Å². The molecule has 0 N–H and O–H groups in total. The molecule has 6 heteroatoms. The van der Waals surface area contributed by atoms with Crippen LogP contribution in [-0.4, -0.2) is 51.4 Å². The zero-order valence-corrected chi connectivity index (χ0v) is 16.4. The fraction of sp³-hybridized carbons (Fsp3) is 0.304. The van der Waals surface area contributed by atoms with E-state index in [1.807, 2.05) is 35.5 Å². The average Bonchev–Trinajstić information content (AvgIpc) is 3.03. The molecule has 5 nitrogen and oxygen atoms in total. The van der Waals surface area contributed by atoms with E-state index in [0.717, 1.165) is 38.4 Å². The summed E-state index contributed by atoms with van der Waals surface area (Å²) in [5, 5.41) is 0. The highest BCUT2D eigenvalue weighted by Gasteiger charge is 2.21. The van der Waals surface area contributed by atoms with E-state index >= 15 is 0 Å². The number of hydrogen-bond acceptors (Lipinski definition) is 3. The third kappa shape index (κ3) is 4.90. The number of nitrogens with zero attached hydrogens (tertiary/aromatic N) is 4. The molecule has 1 amide bonds. The Bertz CT molecular complexity index is 956. The Hall–Kier alpha value is -2.99. The van der Waals surface area contributed by atoms with Crippen LogP contribution in [0.3, 0.4) is 0 Å². The van der Waals surface area contributed by atoms with Crippen LogP contribution in [0.25, 0.3) is 0 Å². The molecule has 0 radical (unpaired) electrons. The van der Waals surface area contributed by atoms with Crippen LogP contribution in [-0.2, 0) is 13.1 Å². The van der Waals surface area contributed by atoms with E-state index in [0.29, 0.717) is 18.7 Å². The third-order valence-electron chi connectivity index (χ3n) is 5.31. The second-order valence-electron chi connectivity index (χ2n) is 7.39. The summed E-state index contributed by atoms with van der Waals surface area (Å²) in [5.74, 6) is 0.549. The molecule has 0 spiro atoms. The van der Waals surface area contributed by atoms with Gasteiger partial charge in [-0.2, -0.15) is 0 Å². The molecule has 2 heterocycles. The first-order valence-electron chi connectivity index (χ1n) is 10.0. The van der Waals surface area contributed by atoms with E-state index in [2.05, 4.69) is 26.6 Å². The molecule has 0 saturated carbocycles. The van der Waals surface area contributed by atoms with Crippen LogP contribution in [0.15, 0.2) is 67.0 Å². The van der Waals surface area contributed by atoms with Crippen LogP contribution in [0.1, 0.15) is 28.2 Å². The van der Waals surface area contributed by atoms with E-state index in [-0.39, 0.29) is 11.7 Å². The maximum Gasteiger partial charge on any atom is 0.254 e. The number of carbonyl (C=O) groups excluding carboxylic acids is 1. The Morgan fingerprint density at radius 3 is 2.66 bits per heavy atom. The molecule has 1 saturated heterocycles. The molecule has 150 valence electrons. The quantitative estimate of drug-likeness (QED) is 0.668. The van der Waals surface area contributed by atoms with Gasteiger partial charge in [0.2, 0.25) is 0 Å². The monoisotopic (exact) mass is 392 g/mol. The van der Waals surface area contributed by atoms with Crippen LogP contribution in [0.4, 0.5) is 4.39 Å². The molecule has 1 aliphatic heterocycles. The summed E-state index contributed by atoms with van der Waals surface area (Å²) in [6.45, 7) is 4.56. The van der Waals surface area contributed by atoms with Gasteiger partial charge in [-0.3, -0.25) is 9.69 Å². The molecule has 0 aliphatic carbocycles. The minimum absolute atomic E-state index is 0.100. The second-order valence-corrected chi connectivity index (χ2v) is 7.39. The van der Waals surface area contributed by atoms with Crippen molar-refractivity contribution in [2.24, 2.45) is 0 Å². The first-order valence-corrected chi connectivity index (χ1v) is 10.0. The van der Waals surface area contributed by atoms with Crippen LogP contribution < -0.4 is 0 Å². The largest absolute Gasteiger partial charge is 0.337 e. The van der Waals surface area contributed by atoms with Crippen LogP contribution in [0, 0.1) is 5.82 Å². The van der Waals surface area contributed by atoms with Crippen molar-refractivity contribution in [3.05, 3.63) is 89.8 Å². The van der Waals surface area contributed by atoms with Gasteiger partial charge in [0.25, 0.3) is 5.91 Å². The molecule has 0 atom stereocenters. The molecule has 0 unspecified atom stereocenters. The average molecular weight is 392 g/mol.